The Labute approximate surface area is 250 Å². The lowest BCUT2D eigenvalue weighted by atomic mass is 9.52. The van der Waals surface area contributed by atoms with Crippen LogP contribution in [0.15, 0.2) is 109 Å². The summed E-state index contributed by atoms with van der Waals surface area (Å²) in [6, 6.07) is 34.4. The molecule has 2 aliphatic carbocycles. The van der Waals surface area contributed by atoms with Gasteiger partial charge in [-0.1, -0.05) is 72.8 Å². The summed E-state index contributed by atoms with van der Waals surface area (Å²) in [4.78, 5) is 31.6. The zero-order valence-corrected chi connectivity index (χ0v) is 23.7. The standard InChI is InChI=1S/C37H29N3O3/c1-43-26-18-15-25(16-19-26)34(41)33-28-20-17-24-11-5-6-12-27(24)32(28)29(21-38)35(39)37(33)30-13-7-8-14-31(30)40(36(37)42)22-23-9-3-2-4-10-23/h2-16,18-19,28,33,39H,17,20,22H2,1H3/t28-,33-,37-/m0/s1. The van der Waals surface area contributed by atoms with Gasteiger partial charge in [-0.15, -0.1) is 0 Å². The Morgan fingerprint density at radius 1 is 0.977 bits per heavy atom. The molecule has 3 aliphatic rings. The van der Waals surface area contributed by atoms with Crippen molar-refractivity contribution in [2.24, 2.45) is 11.8 Å². The summed E-state index contributed by atoms with van der Waals surface area (Å²) in [6.07, 6.45) is 1.30. The number of hydrogen-bond acceptors (Lipinski definition) is 5. The second-order valence-electron chi connectivity index (χ2n) is 11.4. The molecular weight excluding hydrogens is 534 g/mol. The van der Waals surface area contributed by atoms with E-state index in [0.29, 0.717) is 47.5 Å². The number of ketones is 1. The average molecular weight is 564 g/mol. The maximum Gasteiger partial charge on any atom is 0.244 e. The molecule has 0 saturated carbocycles. The zero-order chi connectivity index (χ0) is 29.7. The number of aryl methyl sites for hydroxylation is 1. The number of methoxy groups -OCH3 is 1. The first kappa shape index (κ1) is 26.6. The number of allylic oxidation sites excluding steroid dienone is 2. The van der Waals surface area contributed by atoms with Crippen LogP contribution < -0.4 is 9.64 Å². The van der Waals surface area contributed by atoms with Crippen LogP contribution >= 0.6 is 0 Å². The summed E-state index contributed by atoms with van der Waals surface area (Å²) in [6.45, 7) is 0.293. The van der Waals surface area contributed by atoms with Gasteiger partial charge in [-0.25, -0.2) is 0 Å². The molecule has 3 atom stereocenters. The number of fused-ring (bicyclic) bond motifs is 5. The summed E-state index contributed by atoms with van der Waals surface area (Å²) < 4.78 is 5.34. The molecule has 4 aromatic carbocycles. The molecule has 0 aromatic heterocycles. The van der Waals surface area contributed by atoms with Gasteiger partial charge in [0.2, 0.25) is 5.91 Å². The summed E-state index contributed by atoms with van der Waals surface area (Å²) in [5.41, 5.74) is 3.80. The minimum absolute atomic E-state index is 0.0992. The summed E-state index contributed by atoms with van der Waals surface area (Å²) in [5.74, 6) is -1.26. The lowest BCUT2D eigenvalue weighted by molar-refractivity contribution is -0.122. The average Bonchev–Trinajstić information content (AvgIpc) is 3.29. The molecule has 1 aliphatic heterocycles. The number of benzene rings is 4. The van der Waals surface area contributed by atoms with Crippen molar-refractivity contribution in [3.8, 4) is 11.8 Å². The third-order valence-corrected chi connectivity index (χ3v) is 9.34. The third kappa shape index (κ3) is 3.81. The van der Waals surface area contributed by atoms with E-state index in [1.54, 1.807) is 36.3 Å². The van der Waals surface area contributed by atoms with Crippen LogP contribution in [0.2, 0.25) is 0 Å². The number of carbonyl (C=O) groups is 2. The molecule has 1 heterocycles. The number of amides is 1. The lowest BCUT2D eigenvalue weighted by Gasteiger charge is -2.47. The van der Waals surface area contributed by atoms with Gasteiger partial charge in [-0.3, -0.25) is 9.59 Å². The maximum absolute atomic E-state index is 15.1. The van der Waals surface area contributed by atoms with Gasteiger partial charge in [-0.2, -0.15) is 5.26 Å². The summed E-state index contributed by atoms with van der Waals surface area (Å²) in [5, 5.41) is 20.4. The van der Waals surface area contributed by atoms with E-state index < -0.39 is 17.3 Å². The van der Waals surface area contributed by atoms with Crippen LogP contribution in [0.25, 0.3) is 5.57 Å². The highest BCUT2D eigenvalue weighted by atomic mass is 16.5. The molecule has 1 N–H and O–H groups in total. The molecule has 210 valence electrons. The molecular formula is C37H29N3O3. The minimum atomic E-state index is -1.64. The fraction of sp³-hybridized carbons (Fsp3) is 0.189. The molecule has 6 heteroatoms. The lowest BCUT2D eigenvalue weighted by Crippen LogP contribution is -2.59. The fourth-order valence-corrected chi connectivity index (χ4v) is 7.47. The van der Waals surface area contributed by atoms with E-state index in [9.17, 15) is 15.5 Å². The second kappa shape index (κ2) is 10.2. The molecule has 0 saturated heterocycles. The predicted octanol–water partition coefficient (Wildman–Crippen LogP) is 6.55. The SMILES string of the molecule is COc1ccc(C(=O)[C@@H]2[C@H]3CCc4ccccc4C3=C(C#N)C(=N)[C@@]23C(=O)N(Cc2ccccc2)c2ccccc23)cc1. The van der Waals surface area contributed by atoms with Crippen molar-refractivity contribution in [1.29, 1.82) is 10.7 Å². The van der Waals surface area contributed by atoms with Crippen LogP contribution in [-0.2, 0) is 23.2 Å². The van der Waals surface area contributed by atoms with E-state index in [4.69, 9.17) is 4.74 Å². The highest BCUT2D eigenvalue weighted by Gasteiger charge is 2.66. The van der Waals surface area contributed by atoms with E-state index in [0.717, 1.165) is 16.7 Å². The van der Waals surface area contributed by atoms with Crippen LogP contribution in [0.4, 0.5) is 5.69 Å². The number of hydrogen-bond donors (Lipinski definition) is 1. The quantitative estimate of drug-likeness (QED) is 0.279. The van der Waals surface area contributed by atoms with Gasteiger partial charge in [0.05, 0.1) is 30.9 Å². The molecule has 7 rings (SSSR count). The highest BCUT2D eigenvalue weighted by molar-refractivity contribution is 6.33. The first-order chi connectivity index (χ1) is 21.0. The Morgan fingerprint density at radius 3 is 2.42 bits per heavy atom. The molecule has 6 nitrogen and oxygen atoms in total. The van der Waals surface area contributed by atoms with Crippen LogP contribution in [0.1, 0.15) is 39.0 Å². The fourth-order valence-electron chi connectivity index (χ4n) is 7.47. The topological polar surface area (TPSA) is 94.2 Å². The summed E-state index contributed by atoms with van der Waals surface area (Å²) in [7, 11) is 1.57. The summed E-state index contributed by atoms with van der Waals surface area (Å²) >= 11 is 0. The number of para-hydroxylation sites is 1. The number of carbonyl (C=O) groups excluding carboxylic acids is 2. The minimum Gasteiger partial charge on any atom is -0.497 e. The second-order valence-corrected chi connectivity index (χ2v) is 11.4. The molecule has 43 heavy (non-hydrogen) atoms. The van der Waals surface area contributed by atoms with Crippen molar-refractivity contribution >= 4 is 28.7 Å². The van der Waals surface area contributed by atoms with Crippen molar-refractivity contribution in [2.75, 3.05) is 12.0 Å². The third-order valence-electron chi connectivity index (χ3n) is 9.34. The molecule has 1 amide bonds. The van der Waals surface area contributed by atoms with E-state index in [1.807, 2.05) is 78.9 Å². The van der Waals surface area contributed by atoms with Gasteiger partial charge in [0.15, 0.2) is 5.78 Å². The van der Waals surface area contributed by atoms with Crippen LogP contribution in [0.5, 0.6) is 5.75 Å². The molecule has 0 fully saturated rings. The Kier molecular flexibility index (Phi) is 6.32. The Morgan fingerprint density at radius 2 is 1.67 bits per heavy atom. The number of nitrogens with zero attached hydrogens (tertiary/aromatic N) is 2. The van der Waals surface area contributed by atoms with Gasteiger partial charge in [0.25, 0.3) is 0 Å². The van der Waals surface area contributed by atoms with Crippen molar-refractivity contribution in [2.45, 2.75) is 24.8 Å². The molecule has 0 unspecified atom stereocenters. The van der Waals surface area contributed by atoms with E-state index in [-0.39, 0.29) is 23.0 Å². The Hall–Kier alpha value is -5.28. The van der Waals surface area contributed by atoms with E-state index >= 15 is 4.79 Å². The number of anilines is 1. The van der Waals surface area contributed by atoms with Crippen LogP contribution in [0, 0.1) is 28.6 Å². The van der Waals surface area contributed by atoms with Gasteiger partial charge >= 0.3 is 0 Å². The van der Waals surface area contributed by atoms with Crippen molar-refractivity contribution < 1.29 is 14.3 Å². The predicted molar refractivity (Wildman–Crippen MR) is 165 cm³/mol. The van der Waals surface area contributed by atoms with Crippen molar-refractivity contribution in [3.05, 3.63) is 137 Å². The number of nitrogens with one attached hydrogen (secondary N) is 1. The molecule has 4 aromatic rings. The van der Waals surface area contributed by atoms with Crippen LogP contribution in [0.3, 0.4) is 0 Å². The van der Waals surface area contributed by atoms with Gasteiger partial charge in [0, 0.05) is 11.3 Å². The van der Waals surface area contributed by atoms with E-state index in [1.165, 1.54) is 0 Å². The van der Waals surface area contributed by atoms with Crippen molar-refractivity contribution in [1.82, 2.24) is 0 Å². The first-order valence-corrected chi connectivity index (χ1v) is 14.5. The number of rotatable bonds is 5. The molecule has 1 spiro atoms. The van der Waals surface area contributed by atoms with Crippen molar-refractivity contribution in [3.63, 3.8) is 0 Å². The van der Waals surface area contributed by atoms with Crippen LogP contribution in [-0.4, -0.2) is 24.5 Å². The molecule has 0 radical (unpaired) electrons. The Balaban J connectivity index is 1.50. The van der Waals surface area contributed by atoms with Gasteiger partial charge in [-0.05, 0) is 76.9 Å². The Bertz CT molecular complexity index is 1870. The number of Topliss-reactive ketones (excluding diaryl/α,β-unsaturated/α-hetero) is 1. The first-order valence-electron chi connectivity index (χ1n) is 14.5. The normalized spacial score (nSPS) is 22.1. The highest BCUT2D eigenvalue weighted by Crippen LogP contribution is 2.59. The number of ether oxygens (including phenoxy) is 1. The van der Waals surface area contributed by atoms with E-state index in [2.05, 4.69) is 6.07 Å². The van der Waals surface area contributed by atoms with Gasteiger partial charge in [0.1, 0.15) is 17.2 Å². The largest absolute Gasteiger partial charge is 0.497 e. The smallest absolute Gasteiger partial charge is 0.244 e. The maximum atomic E-state index is 15.1. The number of nitriles is 1. The monoisotopic (exact) mass is 563 g/mol. The molecule has 0 bridgehead atoms. The zero-order valence-electron chi connectivity index (χ0n) is 23.7. The van der Waals surface area contributed by atoms with Gasteiger partial charge < -0.3 is 15.0 Å².